The number of rotatable bonds is 3. The maximum Gasteiger partial charge on any atom is 0.307 e. The van der Waals surface area contributed by atoms with Crippen LogP contribution in [0.4, 0.5) is 0 Å². The van der Waals surface area contributed by atoms with Gasteiger partial charge in [-0.15, -0.1) is 0 Å². The molecule has 5 nitrogen and oxygen atoms in total. The predicted molar refractivity (Wildman–Crippen MR) is 73.4 cm³/mol. The molecule has 0 saturated carbocycles. The second kappa shape index (κ2) is 5.22. The highest BCUT2D eigenvalue weighted by molar-refractivity contribution is 9.10. The van der Waals surface area contributed by atoms with E-state index in [4.69, 9.17) is 5.11 Å². The van der Waals surface area contributed by atoms with Gasteiger partial charge >= 0.3 is 5.97 Å². The molecule has 0 bridgehead atoms. The van der Waals surface area contributed by atoms with Gasteiger partial charge < -0.3 is 5.11 Å². The topological polar surface area (TPSA) is 74.7 Å². The van der Waals surface area contributed by atoms with Gasteiger partial charge in [-0.25, -0.2) is 8.42 Å². The Morgan fingerprint density at radius 1 is 1.47 bits per heavy atom. The number of sulfonamides is 1. The number of carbonyl (C=O) groups is 1. The van der Waals surface area contributed by atoms with Crippen LogP contribution in [-0.4, -0.2) is 36.9 Å². The lowest BCUT2D eigenvalue weighted by Gasteiger charge is -2.17. The molecule has 1 aromatic carbocycles. The van der Waals surface area contributed by atoms with Gasteiger partial charge in [-0.3, -0.25) is 4.79 Å². The molecule has 1 atom stereocenters. The maximum atomic E-state index is 12.5. The van der Waals surface area contributed by atoms with E-state index in [2.05, 4.69) is 15.9 Å². The number of carboxylic acid groups (broad SMARTS) is 1. The van der Waals surface area contributed by atoms with E-state index in [-0.39, 0.29) is 18.0 Å². The van der Waals surface area contributed by atoms with Crippen molar-refractivity contribution in [2.24, 2.45) is 5.92 Å². The van der Waals surface area contributed by atoms with Gasteiger partial charge in [-0.1, -0.05) is 22.0 Å². The van der Waals surface area contributed by atoms with Crippen LogP contribution in [0.3, 0.4) is 0 Å². The van der Waals surface area contributed by atoms with Crippen molar-refractivity contribution in [3.8, 4) is 0 Å². The van der Waals surface area contributed by atoms with Crippen molar-refractivity contribution < 1.29 is 18.3 Å². The molecule has 2 rings (SSSR count). The SMILES string of the molecule is Cc1ccc(Br)cc1S(=O)(=O)N1CCC(C(=O)O)C1. The van der Waals surface area contributed by atoms with Crippen molar-refractivity contribution in [2.45, 2.75) is 18.2 Å². The molecular weight excluding hydrogens is 334 g/mol. The summed E-state index contributed by atoms with van der Waals surface area (Å²) in [5, 5.41) is 8.94. The molecule has 1 aliphatic rings. The van der Waals surface area contributed by atoms with E-state index in [1.54, 1.807) is 25.1 Å². The lowest BCUT2D eigenvalue weighted by molar-refractivity contribution is -0.141. The van der Waals surface area contributed by atoms with Crippen molar-refractivity contribution >= 4 is 31.9 Å². The third kappa shape index (κ3) is 2.82. The number of hydrogen-bond acceptors (Lipinski definition) is 3. The number of aliphatic carboxylic acids is 1. The molecule has 1 fully saturated rings. The fraction of sp³-hybridized carbons (Fsp3) is 0.417. The van der Waals surface area contributed by atoms with Crippen LogP contribution >= 0.6 is 15.9 Å². The lowest BCUT2D eigenvalue weighted by atomic mass is 10.1. The van der Waals surface area contributed by atoms with Crippen LogP contribution in [-0.2, 0) is 14.8 Å². The van der Waals surface area contributed by atoms with Gasteiger partial charge in [-0.05, 0) is 31.0 Å². The monoisotopic (exact) mass is 347 g/mol. The largest absolute Gasteiger partial charge is 0.481 e. The standard InChI is InChI=1S/C12H14BrNO4S/c1-8-2-3-10(13)6-11(8)19(17,18)14-5-4-9(7-14)12(15)16/h2-3,6,9H,4-5,7H2,1H3,(H,15,16). The number of carboxylic acids is 1. The normalized spacial score (nSPS) is 20.6. The summed E-state index contributed by atoms with van der Waals surface area (Å²) < 4.78 is 26.9. The summed E-state index contributed by atoms with van der Waals surface area (Å²) in [6.45, 7) is 2.03. The molecule has 0 radical (unpaired) electrons. The third-order valence-electron chi connectivity index (χ3n) is 3.27. The van der Waals surface area contributed by atoms with E-state index < -0.39 is 21.9 Å². The fourth-order valence-electron chi connectivity index (χ4n) is 2.14. The van der Waals surface area contributed by atoms with Crippen molar-refractivity contribution in [2.75, 3.05) is 13.1 Å². The van der Waals surface area contributed by atoms with Crippen LogP contribution in [0.1, 0.15) is 12.0 Å². The van der Waals surface area contributed by atoms with E-state index in [0.717, 1.165) is 0 Å². The summed E-state index contributed by atoms with van der Waals surface area (Å²) in [6, 6.07) is 5.05. The summed E-state index contributed by atoms with van der Waals surface area (Å²) in [5.74, 6) is -1.55. The Kier molecular flexibility index (Phi) is 3.98. The Morgan fingerprint density at radius 3 is 2.74 bits per heavy atom. The fourth-order valence-corrected chi connectivity index (χ4v) is 4.40. The summed E-state index contributed by atoms with van der Waals surface area (Å²) >= 11 is 3.26. The Hall–Kier alpha value is -0.920. The van der Waals surface area contributed by atoms with Crippen LogP contribution in [0.2, 0.25) is 0 Å². The summed E-state index contributed by atoms with van der Waals surface area (Å²) in [5.41, 5.74) is 0.655. The molecule has 0 aromatic heterocycles. The highest BCUT2D eigenvalue weighted by atomic mass is 79.9. The molecule has 1 aromatic rings. The molecule has 1 unspecified atom stereocenters. The van der Waals surface area contributed by atoms with Crippen molar-refractivity contribution in [1.82, 2.24) is 4.31 Å². The average Bonchev–Trinajstić information content (AvgIpc) is 2.82. The van der Waals surface area contributed by atoms with Gasteiger partial charge in [0.25, 0.3) is 0 Å². The first kappa shape index (κ1) is 14.5. The Bertz CT molecular complexity index is 614. The molecule has 1 saturated heterocycles. The van der Waals surface area contributed by atoms with Gasteiger partial charge in [0.15, 0.2) is 0 Å². The third-order valence-corrected chi connectivity index (χ3v) is 5.77. The van der Waals surface area contributed by atoms with Gasteiger partial charge in [0.1, 0.15) is 0 Å². The van der Waals surface area contributed by atoms with Gasteiger partial charge in [-0.2, -0.15) is 4.31 Å². The highest BCUT2D eigenvalue weighted by Crippen LogP contribution is 2.28. The molecule has 1 N–H and O–H groups in total. The van der Waals surface area contributed by atoms with Crippen molar-refractivity contribution in [3.05, 3.63) is 28.2 Å². The first-order chi connectivity index (χ1) is 8.82. The van der Waals surface area contributed by atoms with E-state index in [1.807, 2.05) is 0 Å². The number of aryl methyl sites for hydroxylation is 1. The molecule has 1 aliphatic heterocycles. The zero-order valence-corrected chi connectivity index (χ0v) is 12.7. The molecule has 0 aliphatic carbocycles. The smallest absolute Gasteiger partial charge is 0.307 e. The molecule has 1 heterocycles. The summed E-state index contributed by atoms with van der Waals surface area (Å²) in [7, 11) is -3.62. The molecule has 19 heavy (non-hydrogen) atoms. The minimum Gasteiger partial charge on any atom is -0.481 e. The first-order valence-corrected chi connectivity index (χ1v) is 8.05. The first-order valence-electron chi connectivity index (χ1n) is 5.81. The number of benzene rings is 1. The van der Waals surface area contributed by atoms with Gasteiger partial charge in [0, 0.05) is 17.6 Å². The second-order valence-corrected chi connectivity index (χ2v) is 7.42. The number of nitrogens with zero attached hydrogens (tertiary/aromatic N) is 1. The van der Waals surface area contributed by atoms with Crippen LogP contribution in [0.5, 0.6) is 0 Å². The number of halogens is 1. The highest BCUT2D eigenvalue weighted by Gasteiger charge is 2.36. The number of hydrogen-bond donors (Lipinski definition) is 1. The van der Waals surface area contributed by atoms with E-state index in [0.29, 0.717) is 16.5 Å². The molecule has 0 amide bonds. The minimum absolute atomic E-state index is 0.0453. The van der Waals surface area contributed by atoms with E-state index in [9.17, 15) is 13.2 Å². The second-order valence-electron chi connectivity index (χ2n) is 4.60. The molecule has 7 heteroatoms. The Morgan fingerprint density at radius 2 is 2.16 bits per heavy atom. The molecule has 104 valence electrons. The Labute approximate surface area is 120 Å². The molecule has 0 spiro atoms. The van der Waals surface area contributed by atoms with Crippen LogP contribution in [0.15, 0.2) is 27.6 Å². The van der Waals surface area contributed by atoms with Gasteiger partial charge in [0.05, 0.1) is 10.8 Å². The Balaban J connectivity index is 2.33. The van der Waals surface area contributed by atoms with Crippen LogP contribution < -0.4 is 0 Å². The van der Waals surface area contributed by atoms with E-state index in [1.165, 1.54) is 4.31 Å². The van der Waals surface area contributed by atoms with Crippen LogP contribution in [0.25, 0.3) is 0 Å². The summed E-state index contributed by atoms with van der Waals surface area (Å²) in [6.07, 6.45) is 0.363. The predicted octanol–water partition coefficient (Wildman–Crippen LogP) is 1.85. The molecular formula is C12H14BrNO4S. The van der Waals surface area contributed by atoms with Gasteiger partial charge in [0.2, 0.25) is 10.0 Å². The average molecular weight is 348 g/mol. The zero-order valence-electron chi connectivity index (χ0n) is 10.3. The van der Waals surface area contributed by atoms with Crippen molar-refractivity contribution in [1.29, 1.82) is 0 Å². The van der Waals surface area contributed by atoms with Crippen molar-refractivity contribution in [3.63, 3.8) is 0 Å². The minimum atomic E-state index is -3.62. The lowest BCUT2D eigenvalue weighted by Crippen LogP contribution is -2.30. The maximum absolute atomic E-state index is 12.5. The zero-order chi connectivity index (χ0) is 14.2. The van der Waals surface area contributed by atoms with E-state index >= 15 is 0 Å². The van der Waals surface area contributed by atoms with Crippen LogP contribution in [0, 0.1) is 12.8 Å². The summed E-state index contributed by atoms with van der Waals surface area (Å²) in [4.78, 5) is 11.1. The quantitative estimate of drug-likeness (QED) is 0.905.